The van der Waals surface area contributed by atoms with Crippen molar-refractivity contribution in [2.75, 3.05) is 18.4 Å². The third kappa shape index (κ3) is 6.50. The number of rotatable bonds is 9. The first-order chi connectivity index (χ1) is 16.4. The third-order valence-electron chi connectivity index (χ3n) is 5.53. The van der Waals surface area contributed by atoms with Crippen LogP contribution in [-0.4, -0.2) is 29.8 Å². The van der Waals surface area contributed by atoms with Crippen LogP contribution in [0.25, 0.3) is 0 Å². The molecule has 6 nitrogen and oxygen atoms in total. The third-order valence-corrected chi connectivity index (χ3v) is 5.53. The van der Waals surface area contributed by atoms with Gasteiger partial charge < -0.3 is 10.6 Å². The van der Waals surface area contributed by atoms with Gasteiger partial charge in [-0.1, -0.05) is 38.1 Å². The van der Waals surface area contributed by atoms with Crippen LogP contribution in [0.15, 0.2) is 66.7 Å². The van der Waals surface area contributed by atoms with Crippen molar-refractivity contribution in [2.45, 2.75) is 26.9 Å². The second kappa shape index (κ2) is 11.7. The van der Waals surface area contributed by atoms with Gasteiger partial charge in [-0.25, -0.2) is 4.39 Å². The summed E-state index contributed by atoms with van der Waals surface area (Å²) < 4.78 is 13.1. The second-order valence-corrected chi connectivity index (χ2v) is 7.78. The molecule has 0 aliphatic carbocycles. The van der Waals surface area contributed by atoms with Crippen molar-refractivity contribution in [1.29, 1.82) is 5.26 Å². The fourth-order valence-electron chi connectivity index (χ4n) is 3.55. The van der Waals surface area contributed by atoms with Crippen molar-refractivity contribution < 1.29 is 14.0 Å². The largest absolute Gasteiger partial charge is 0.348 e. The molecule has 0 unspecified atom stereocenters. The highest BCUT2D eigenvalue weighted by Crippen LogP contribution is 2.17. The zero-order chi connectivity index (χ0) is 24.5. The lowest BCUT2D eigenvalue weighted by molar-refractivity contribution is 0.0949. The van der Waals surface area contributed by atoms with Crippen LogP contribution in [0.1, 0.15) is 51.3 Å². The minimum Gasteiger partial charge on any atom is -0.348 e. The van der Waals surface area contributed by atoms with Gasteiger partial charge in [0.05, 0.1) is 11.6 Å². The number of carbonyl (C=O) groups is 2. The van der Waals surface area contributed by atoms with E-state index in [9.17, 15) is 19.2 Å². The van der Waals surface area contributed by atoms with Gasteiger partial charge in [0.15, 0.2) is 0 Å². The maximum Gasteiger partial charge on any atom is 0.255 e. The van der Waals surface area contributed by atoms with Crippen LogP contribution < -0.4 is 10.6 Å². The van der Waals surface area contributed by atoms with E-state index in [1.54, 1.807) is 0 Å². The highest BCUT2D eigenvalue weighted by molar-refractivity contribution is 6.05. The zero-order valence-electron chi connectivity index (χ0n) is 19.3. The van der Waals surface area contributed by atoms with Crippen LogP contribution in [-0.2, 0) is 13.1 Å². The molecule has 0 fully saturated rings. The first-order valence-electron chi connectivity index (χ1n) is 11.1. The van der Waals surface area contributed by atoms with Gasteiger partial charge in [-0.3, -0.25) is 14.5 Å². The summed E-state index contributed by atoms with van der Waals surface area (Å²) in [6.07, 6.45) is 0. The van der Waals surface area contributed by atoms with Crippen LogP contribution in [0.4, 0.5) is 10.1 Å². The summed E-state index contributed by atoms with van der Waals surface area (Å²) in [5, 5.41) is 15.0. The molecule has 3 aromatic carbocycles. The number of carbonyl (C=O) groups excluding carboxylic acids is 2. The number of benzene rings is 3. The van der Waals surface area contributed by atoms with Gasteiger partial charge in [0, 0.05) is 29.9 Å². The highest BCUT2D eigenvalue weighted by atomic mass is 19.1. The summed E-state index contributed by atoms with van der Waals surface area (Å²) in [7, 11) is 0. The van der Waals surface area contributed by atoms with Gasteiger partial charge in [-0.2, -0.15) is 5.26 Å². The Balaban J connectivity index is 1.74. The van der Waals surface area contributed by atoms with Crippen LogP contribution >= 0.6 is 0 Å². The SMILES string of the molecule is CCN(CC)Cc1ccccc1CNC(=O)c1cc(C#N)cc(NC(=O)c2ccc(F)cc2)c1. The van der Waals surface area contributed by atoms with Crippen molar-refractivity contribution >= 4 is 17.5 Å². The molecular formula is C27H27FN4O2. The molecule has 0 saturated heterocycles. The Morgan fingerprint density at radius 3 is 2.24 bits per heavy atom. The smallest absolute Gasteiger partial charge is 0.255 e. The van der Waals surface area contributed by atoms with Gasteiger partial charge >= 0.3 is 0 Å². The number of anilines is 1. The zero-order valence-corrected chi connectivity index (χ0v) is 19.3. The van der Waals surface area contributed by atoms with E-state index in [0.29, 0.717) is 12.2 Å². The van der Waals surface area contributed by atoms with Gasteiger partial charge in [0.1, 0.15) is 5.82 Å². The normalized spacial score (nSPS) is 10.6. The van der Waals surface area contributed by atoms with Crippen LogP contribution in [0, 0.1) is 17.1 Å². The molecule has 0 aliphatic rings. The first-order valence-corrected chi connectivity index (χ1v) is 11.1. The van der Waals surface area contributed by atoms with E-state index in [1.165, 1.54) is 42.5 Å². The van der Waals surface area contributed by atoms with Gasteiger partial charge in [0.2, 0.25) is 0 Å². The fourth-order valence-corrected chi connectivity index (χ4v) is 3.55. The second-order valence-electron chi connectivity index (χ2n) is 7.78. The molecule has 0 aromatic heterocycles. The number of hydrogen-bond acceptors (Lipinski definition) is 4. The molecule has 7 heteroatoms. The maximum absolute atomic E-state index is 13.1. The lowest BCUT2D eigenvalue weighted by Crippen LogP contribution is -2.26. The van der Waals surface area contributed by atoms with E-state index in [0.717, 1.165) is 30.8 Å². The minimum atomic E-state index is -0.466. The predicted octanol–water partition coefficient (Wildman–Crippen LogP) is 4.72. The number of halogens is 1. The Morgan fingerprint density at radius 1 is 0.912 bits per heavy atom. The first kappa shape index (κ1) is 24.6. The average Bonchev–Trinajstić information content (AvgIpc) is 2.86. The number of nitrogens with zero attached hydrogens (tertiary/aromatic N) is 2. The lowest BCUT2D eigenvalue weighted by atomic mass is 10.1. The molecular weight excluding hydrogens is 431 g/mol. The minimum absolute atomic E-state index is 0.240. The van der Waals surface area contributed by atoms with E-state index < -0.39 is 11.7 Å². The van der Waals surface area contributed by atoms with E-state index >= 15 is 0 Å². The Kier molecular flexibility index (Phi) is 8.49. The van der Waals surface area contributed by atoms with E-state index in [-0.39, 0.29) is 22.6 Å². The average molecular weight is 459 g/mol. The van der Waals surface area contributed by atoms with Crippen LogP contribution in [0.5, 0.6) is 0 Å². The van der Waals surface area contributed by atoms with Crippen molar-refractivity contribution in [3.63, 3.8) is 0 Å². The van der Waals surface area contributed by atoms with E-state index in [2.05, 4.69) is 35.4 Å². The van der Waals surface area contributed by atoms with Crippen molar-refractivity contribution in [3.8, 4) is 6.07 Å². The summed E-state index contributed by atoms with van der Waals surface area (Å²) in [4.78, 5) is 27.7. The number of hydrogen-bond donors (Lipinski definition) is 2. The lowest BCUT2D eigenvalue weighted by Gasteiger charge is -2.20. The Hall–Kier alpha value is -4.02. The Bertz CT molecular complexity index is 1200. The molecule has 2 amide bonds. The molecule has 0 atom stereocenters. The summed E-state index contributed by atoms with van der Waals surface area (Å²) in [5.74, 6) is -1.26. The quantitative estimate of drug-likeness (QED) is 0.486. The van der Waals surface area contributed by atoms with E-state index in [1.807, 2.05) is 24.3 Å². The monoisotopic (exact) mass is 458 g/mol. The number of amides is 2. The van der Waals surface area contributed by atoms with Gasteiger partial charge in [-0.15, -0.1) is 0 Å². The standard InChI is InChI=1S/C27H27FN4O2/c1-3-32(4-2)18-22-8-6-5-7-21(22)17-30-26(33)23-13-19(16-29)14-25(15-23)31-27(34)20-9-11-24(28)12-10-20/h5-15H,3-4,17-18H2,1-2H3,(H,30,33)(H,31,34). The summed E-state index contributed by atoms with van der Waals surface area (Å²) in [5.41, 5.74) is 3.23. The Morgan fingerprint density at radius 2 is 1.59 bits per heavy atom. The molecule has 3 rings (SSSR count). The predicted molar refractivity (Wildman–Crippen MR) is 130 cm³/mol. The molecule has 0 spiro atoms. The fraction of sp³-hybridized carbons (Fsp3) is 0.222. The molecule has 0 aliphatic heterocycles. The van der Waals surface area contributed by atoms with Crippen molar-refractivity contribution in [1.82, 2.24) is 10.2 Å². The molecule has 34 heavy (non-hydrogen) atoms. The Labute approximate surface area is 199 Å². The topological polar surface area (TPSA) is 85.2 Å². The summed E-state index contributed by atoms with van der Waals surface area (Å²) in [6.45, 7) is 7.23. The number of nitrogens with one attached hydrogen (secondary N) is 2. The maximum atomic E-state index is 13.1. The number of nitriles is 1. The molecule has 0 saturated carbocycles. The molecule has 3 aromatic rings. The van der Waals surface area contributed by atoms with Crippen LogP contribution in [0.2, 0.25) is 0 Å². The molecule has 174 valence electrons. The highest BCUT2D eigenvalue weighted by Gasteiger charge is 2.13. The molecule has 0 radical (unpaired) electrons. The van der Waals surface area contributed by atoms with Crippen molar-refractivity contribution in [3.05, 3.63) is 100 Å². The molecule has 2 N–H and O–H groups in total. The van der Waals surface area contributed by atoms with Crippen molar-refractivity contribution in [2.24, 2.45) is 0 Å². The van der Waals surface area contributed by atoms with E-state index in [4.69, 9.17) is 0 Å². The van der Waals surface area contributed by atoms with Gasteiger partial charge in [0.25, 0.3) is 11.8 Å². The summed E-state index contributed by atoms with van der Waals surface area (Å²) >= 11 is 0. The molecule has 0 bridgehead atoms. The molecule has 0 heterocycles. The van der Waals surface area contributed by atoms with Crippen LogP contribution in [0.3, 0.4) is 0 Å². The summed E-state index contributed by atoms with van der Waals surface area (Å²) in [6, 6.07) is 19.6. The van der Waals surface area contributed by atoms with Gasteiger partial charge in [-0.05, 0) is 66.7 Å².